The highest BCUT2D eigenvalue weighted by Crippen LogP contribution is 2.22. The van der Waals surface area contributed by atoms with Gasteiger partial charge < -0.3 is 15.4 Å². The van der Waals surface area contributed by atoms with Crippen molar-refractivity contribution >= 4 is 5.91 Å². The van der Waals surface area contributed by atoms with Crippen molar-refractivity contribution in [2.75, 3.05) is 20.3 Å². The molecule has 4 nitrogen and oxygen atoms in total. The third-order valence-electron chi connectivity index (χ3n) is 3.62. The topological polar surface area (TPSA) is 55.6 Å². The number of nitrogens with two attached hydrogens (primary N) is 1. The molecule has 0 atom stereocenters. The third-order valence-corrected chi connectivity index (χ3v) is 3.62. The van der Waals surface area contributed by atoms with Gasteiger partial charge in [0.15, 0.2) is 0 Å². The summed E-state index contributed by atoms with van der Waals surface area (Å²) in [4.78, 5) is 14.1. The SMILES string of the molecule is CCC(CC)N(C)C(=O)C1(N)CCOCC1. The van der Waals surface area contributed by atoms with Gasteiger partial charge in [-0.25, -0.2) is 0 Å². The molecule has 4 heteroatoms. The molecule has 1 saturated heterocycles. The standard InChI is InChI=1S/C12H24N2O2/c1-4-10(5-2)14(3)11(15)12(13)6-8-16-9-7-12/h10H,4-9,13H2,1-3H3. The lowest BCUT2D eigenvalue weighted by molar-refractivity contribution is -0.141. The van der Waals surface area contributed by atoms with Crippen molar-refractivity contribution in [3.05, 3.63) is 0 Å². The van der Waals surface area contributed by atoms with Crippen molar-refractivity contribution in [2.24, 2.45) is 5.73 Å². The molecule has 0 saturated carbocycles. The van der Waals surface area contributed by atoms with E-state index in [-0.39, 0.29) is 5.91 Å². The van der Waals surface area contributed by atoms with E-state index < -0.39 is 5.54 Å². The van der Waals surface area contributed by atoms with E-state index in [9.17, 15) is 4.79 Å². The Morgan fingerprint density at radius 3 is 2.31 bits per heavy atom. The molecule has 1 fully saturated rings. The third kappa shape index (κ3) is 2.74. The number of rotatable bonds is 4. The molecule has 0 aliphatic carbocycles. The molecule has 1 aliphatic heterocycles. The van der Waals surface area contributed by atoms with Gasteiger partial charge in [-0.2, -0.15) is 0 Å². The monoisotopic (exact) mass is 228 g/mol. The van der Waals surface area contributed by atoms with Crippen LogP contribution in [0.15, 0.2) is 0 Å². The smallest absolute Gasteiger partial charge is 0.242 e. The van der Waals surface area contributed by atoms with E-state index in [1.165, 1.54) is 0 Å². The minimum absolute atomic E-state index is 0.0736. The Labute approximate surface area is 98.1 Å². The fraction of sp³-hybridized carbons (Fsp3) is 0.917. The molecule has 1 rings (SSSR count). The summed E-state index contributed by atoms with van der Waals surface area (Å²) in [6, 6.07) is 0.302. The number of hydrogen-bond acceptors (Lipinski definition) is 3. The van der Waals surface area contributed by atoms with Gasteiger partial charge in [0, 0.05) is 26.3 Å². The largest absolute Gasteiger partial charge is 0.381 e. The quantitative estimate of drug-likeness (QED) is 0.785. The van der Waals surface area contributed by atoms with Crippen LogP contribution in [0.25, 0.3) is 0 Å². The van der Waals surface area contributed by atoms with Crippen LogP contribution < -0.4 is 5.73 Å². The molecule has 1 aliphatic rings. The molecule has 0 aromatic carbocycles. The van der Waals surface area contributed by atoms with Crippen molar-refractivity contribution in [3.63, 3.8) is 0 Å². The minimum atomic E-state index is -0.699. The van der Waals surface area contributed by atoms with Gasteiger partial charge in [-0.15, -0.1) is 0 Å². The number of carbonyl (C=O) groups is 1. The van der Waals surface area contributed by atoms with E-state index >= 15 is 0 Å². The lowest BCUT2D eigenvalue weighted by Gasteiger charge is -2.38. The second-order valence-corrected chi connectivity index (χ2v) is 4.65. The number of nitrogens with zero attached hydrogens (tertiary/aromatic N) is 1. The summed E-state index contributed by atoms with van der Waals surface area (Å²) in [6.45, 7) is 5.40. The molecule has 0 bridgehead atoms. The molecular formula is C12H24N2O2. The van der Waals surface area contributed by atoms with Gasteiger partial charge in [-0.05, 0) is 25.7 Å². The summed E-state index contributed by atoms with van der Waals surface area (Å²) in [5.41, 5.74) is 5.48. The fourth-order valence-electron chi connectivity index (χ4n) is 2.30. The van der Waals surface area contributed by atoms with Crippen LogP contribution >= 0.6 is 0 Å². The number of likely N-dealkylation sites (N-methyl/N-ethyl adjacent to an activating group) is 1. The van der Waals surface area contributed by atoms with E-state index in [0.29, 0.717) is 32.1 Å². The number of carbonyl (C=O) groups excluding carboxylic acids is 1. The van der Waals surface area contributed by atoms with Gasteiger partial charge in [0.05, 0.1) is 5.54 Å². The zero-order chi connectivity index (χ0) is 12.2. The van der Waals surface area contributed by atoms with Gasteiger partial charge in [-0.3, -0.25) is 4.79 Å². The molecule has 16 heavy (non-hydrogen) atoms. The molecule has 0 aromatic rings. The normalized spacial score (nSPS) is 19.8. The zero-order valence-electron chi connectivity index (χ0n) is 10.7. The Hall–Kier alpha value is -0.610. The van der Waals surface area contributed by atoms with Gasteiger partial charge in [0.2, 0.25) is 5.91 Å². The van der Waals surface area contributed by atoms with Crippen molar-refractivity contribution in [1.82, 2.24) is 4.90 Å². The van der Waals surface area contributed by atoms with Crippen LogP contribution in [0.4, 0.5) is 0 Å². The molecule has 0 unspecified atom stereocenters. The van der Waals surface area contributed by atoms with Crippen LogP contribution in [0, 0.1) is 0 Å². The van der Waals surface area contributed by atoms with Crippen LogP contribution in [0.1, 0.15) is 39.5 Å². The number of hydrogen-bond donors (Lipinski definition) is 1. The lowest BCUT2D eigenvalue weighted by atomic mass is 9.89. The maximum Gasteiger partial charge on any atom is 0.242 e. The zero-order valence-corrected chi connectivity index (χ0v) is 10.7. The Kier molecular flexibility index (Phi) is 4.74. The van der Waals surface area contributed by atoms with Gasteiger partial charge in [-0.1, -0.05) is 13.8 Å². The van der Waals surface area contributed by atoms with Gasteiger partial charge >= 0.3 is 0 Å². The Morgan fingerprint density at radius 1 is 1.38 bits per heavy atom. The van der Waals surface area contributed by atoms with Crippen molar-refractivity contribution < 1.29 is 9.53 Å². The Balaban J connectivity index is 2.67. The highest BCUT2D eigenvalue weighted by atomic mass is 16.5. The molecule has 1 amide bonds. The maximum atomic E-state index is 12.3. The molecule has 0 spiro atoms. The van der Waals surface area contributed by atoms with Crippen LogP contribution in [0.3, 0.4) is 0 Å². The lowest BCUT2D eigenvalue weighted by Crippen LogP contribution is -2.58. The minimum Gasteiger partial charge on any atom is -0.381 e. The first kappa shape index (κ1) is 13.5. The van der Waals surface area contributed by atoms with Crippen LogP contribution in [-0.4, -0.2) is 42.6 Å². The molecule has 0 aromatic heterocycles. The van der Waals surface area contributed by atoms with Crippen molar-refractivity contribution in [3.8, 4) is 0 Å². The van der Waals surface area contributed by atoms with E-state index in [1.54, 1.807) is 0 Å². The van der Waals surface area contributed by atoms with E-state index in [4.69, 9.17) is 10.5 Å². The van der Waals surface area contributed by atoms with Crippen LogP contribution in [0.2, 0.25) is 0 Å². The molecule has 1 heterocycles. The van der Waals surface area contributed by atoms with Gasteiger partial charge in [0.25, 0.3) is 0 Å². The predicted octanol–water partition coefficient (Wildman–Crippen LogP) is 1.14. The average molecular weight is 228 g/mol. The van der Waals surface area contributed by atoms with E-state index in [0.717, 1.165) is 12.8 Å². The summed E-state index contributed by atoms with van der Waals surface area (Å²) in [5.74, 6) is 0.0736. The van der Waals surface area contributed by atoms with Gasteiger partial charge in [0.1, 0.15) is 0 Å². The second kappa shape index (κ2) is 5.64. The summed E-state index contributed by atoms with van der Waals surface area (Å²) in [7, 11) is 1.87. The van der Waals surface area contributed by atoms with E-state index in [1.807, 2.05) is 11.9 Å². The van der Waals surface area contributed by atoms with Crippen LogP contribution in [0.5, 0.6) is 0 Å². The van der Waals surface area contributed by atoms with Crippen molar-refractivity contribution in [1.29, 1.82) is 0 Å². The average Bonchev–Trinajstić information content (AvgIpc) is 2.30. The summed E-state index contributed by atoms with van der Waals surface area (Å²) >= 11 is 0. The first-order valence-electron chi connectivity index (χ1n) is 6.19. The van der Waals surface area contributed by atoms with Crippen LogP contribution in [-0.2, 0) is 9.53 Å². The summed E-state index contributed by atoms with van der Waals surface area (Å²) < 4.78 is 5.26. The first-order valence-corrected chi connectivity index (χ1v) is 6.19. The predicted molar refractivity (Wildman–Crippen MR) is 64.1 cm³/mol. The Morgan fingerprint density at radius 2 is 1.88 bits per heavy atom. The maximum absolute atomic E-state index is 12.3. The number of ether oxygens (including phenoxy) is 1. The van der Waals surface area contributed by atoms with Crippen molar-refractivity contribution in [2.45, 2.75) is 51.1 Å². The fourth-order valence-corrected chi connectivity index (χ4v) is 2.30. The molecule has 0 radical (unpaired) electrons. The summed E-state index contributed by atoms with van der Waals surface area (Å²) in [6.07, 6.45) is 3.23. The second-order valence-electron chi connectivity index (χ2n) is 4.65. The summed E-state index contributed by atoms with van der Waals surface area (Å²) in [5, 5.41) is 0. The highest BCUT2D eigenvalue weighted by Gasteiger charge is 2.39. The molecule has 94 valence electrons. The van der Waals surface area contributed by atoms with E-state index in [2.05, 4.69) is 13.8 Å². The molecule has 2 N–H and O–H groups in total. The number of amides is 1. The Bertz CT molecular complexity index is 233. The highest BCUT2D eigenvalue weighted by molar-refractivity contribution is 5.86. The first-order chi connectivity index (χ1) is 7.55. The molecular weight excluding hydrogens is 204 g/mol.